The van der Waals surface area contributed by atoms with Gasteiger partial charge in [0.05, 0.1) is 6.61 Å². The molecule has 0 aromatic carbocycles. The molecule has 0 bridgehead atoms. The summed E-state index contributed by atoms with van der Waals surface area (Å²) < 4.78 is 0. The number of aromatic amines is 1. The first-order chi connectivity index (χ1) is 8.36. The SMILES string of the molecule is CC/C=C(/CO)NCCCCCc1cc[nH]c1. The molecule has 96 valence electrons. The van der Waals surface area contributed by atoms with Crippen LogP contribution in [0.1, 0.15) is 38.2 Å². The molecule has 17 heavy (non-hydrogen) atoms. The quantitative estimate of drug-likeness (QED) is 0.577. The smallest absolute Gasteiger partial charge is 0.0824 e. The van der Waals surface area contributed by atoms with E-state index in [1.54, 1.807) is 0 Å². The van der Waals surface area contributed by atoms with E-state index in [-0.39, 0.29) is 6.61 Å². The van der Waals surface area contributed by atoms with Crippen molar-refractivity contribution in [3.8, 4) is 0 Å². The number of aliphatic hydroxyl groups excluding tert-OH is 1. The zero-order chi connectivity index (χ0) is 12.3. The number of allylic oxidation sites excluding steroid dienone is 1. The highest BCUT2D eigenvalue weighted by molar-refractivity contribution is 5.07. The summed E-state index contributed by atoms with van der Waals surface area (Å²) in [5, 5.41) is 12.3. The number of hydrogen-bond acceptors (Lipinski definition) is 2. The third kappa shape index (κ3) is 6.17. The molecule has 0 aliphatic carbocycles. The van der Waals surface area contributed by atoms with E-state index in [9.17, 15) is 0 Å². The summed E-state index contributed by atoms with van der Waals surface area (Å²) in [4.78, 5) is 3.07. The molecule has 0 aliphatic rings. The van der Waals surface area contributed by atoms with Crippen LogP contribution in [0.3, 0.4) is 0 Å². The van der Waals surface area contributed by atoms with Crippen molar-refractivity contribution in [2.24, 2.45) is 0 Å². The molecular weight excluding hydrogens is 212 g/mol. The summed E-state index contributed by atoms with van der Waals surface area (Å²) in [5.41, 5.74) is 2.35. The van der Waals surface area contributed by atoms with Crippen molar-refractivity contribution in [1.29, 1.82) is 0 Å². The largest absolute Gasteiger partial charge is 0.390 e. The molecule has 3 heteroatoms. The van der Waals surface area contributed by atoms with Crippen LogP contribution in [0.2, 0.25) is 0 Å². The fourth-order valence-corrected chi connectivity index (χ4v) is 1.83. The van der Waals surface area contributed by atoms with Gasteiger partial charge in [-0.3, -0.25) is 0 Å². The zero-order valence-corrected chi connectivity index (χ0v) is 10.7. The third-order valence-corrected chi connectivity index (χ3v) is 2.78. The van der Waals surface area contributed by atoms with Gasteiger partial charge in [-0.2, -0.15) is 0 Å². The number of aliphatic hydroxyl groups is 1. The molecule has 0 amide bonds. The van der Waals surface area contributed by atoms with Gasteiger partial charge in [0.25, 0.3) is 0 Å². The highest BCUT2D eigenvalue weighted by Gasteiger charge is 1.95. The minimum atomic E-state index is 0.122. The molecular formula is C14H24N2O. The van der Waals surface area contributed by atoms with E-state index in [0.717, 1.165) is 31.5 Å². The standard InChI is InChI=1S/C14H24N2O/c1-2-6-14(12-17)16-9-5-3-4-7-13-8-10-15-11-13/h6,8,10-11,15-17H,2-5,7,9,12H2,1H3/b14-6-. The molecule has 1 aromatic rings. The van der Waals surface area contributed by atoms with Gasteiger partial charge in [0.2, 0.25) is 0 Å². The van der Waals surface area contributed by atoms with Crippen molar-refractivity contribution < 1.29 is 5.11 Å². The van der Waals surface area contributed by atoms with Gasteiger partial charge in [-0.05, 0) is 37.3 Å². The van der Waals surface area contributed by atoms with Gasteiger partial charge in [-0.25, -0.2) is 0 Å². The molecule has 1 heterocycles. The maximum Gasteiger partial charge on any atom is 0.0824 e. The van der Waals surface area contributed by atoms with E-state index in [1.807, 2.05) is 12.3 Å². The lowest BCUT2D eigenvalue weighted by molar-refractivity contribution is 0.320. The van der Waals surface area contributed by atoms with Crippen molar-refractivity contribution in [3.05, 3.63) is 35.8 Å². The molecule has 0 saturated carbocycles. The predicted octanol–water partition coefficient (Wildman–Crippen LogP) is 2.60. The number of aromatic nitrogens is 1. The third-order valence-electron chi connectivity index (χ3n) is 2.78. The van der Waals surface area contributed by atoms with Crippen LogP contribution in [0.15, 0.2) is 30.2 Å². The van der Waals surface area contributed by atoms with Gasteiger partial charge in [0.1, 0.15) is 0 Å². The Morgan fingerprint density at radius 3 is 2.94 bits per heavy atom. The molecule has 3 N–H and O–H groups in total. The maximum atomic E-state index is 9.05. The summed E-state index contributed by atoms with van der Waals surface area (Å²) in [5.74, 6) is 0. The molecule has 3 nitrogen and oxygen atoms in total. The van der Waals surface area contributed by atoms with Crippen LogP contribution in [0.5, 0.6) is 0 Å². The number of rotatable bonds is 9. The second-order valence-electron chi connectivity index (χ2n) is 4.25. The molecule has 0 fully saturated rings. The Kier molecular flexibility index (Phi) is 7.23. The van der Waals surface area contributed by atoms with E-state index < -0.39 is 0 Å². The number of nitrogens with one attached hydrogen (secondary N) is 2. The van der Waals surface area contributed by atoms with E-state index >= 15 is 0 Å². The van der Waals surface area contributed by atoms with Crippen molar-refractivity contribution >= 4 is 0 Å². The van der Waals surface area contributed by atoms with Gasteiger partial charge in [-0.15, -0.1) is 0 Å². The Morgan fingerprint density at radius 2 is 2.29 bits per heavy atom. The Balaban J connectivity index is 1.99. The zero-order valence-electron chi connectivity index (χ0n) is 10.7. The Hall–Kier alpha value is -1.22. The van der Waals surface area contributed by atoms with E-state index in [2.05, 4.69) is 29.5 Å². The van der Waals surface area contributed by atoms with E-state index in [4.69, 9.17) is 5.11 Å². The fourth-order valence-electron chi connectivity index (χ4n) is 1.83. The minimum Gasteiger partial charge on any atom is -0.390 e. The van der Waals surface area contributed by atoms with Crippen LogP contribution in [-0.2, 0) is 6.42 Å². The molecule has 1 rings (SSSR count). The lowest BCUT2D eigenvalue weighted by atomic mass is 10.1. The lowest BCUT2D eigenvalue weighted by Gasteiger charge is -2.08. The van der Waals surface area contributed by atoms with Crippen molar-refractivity contribution in [1.82, 2.24) is 10.3 Å². The van der Waals surface area contributed by atoms with E-state index in [0.29, 0.717) is 0 Å². The van der Waals surface area contributed by atoms with Crippen LogP contribution in [-0.4, -0.2) is 23.2 Å². The second kappa shape index (κ2) is 8.88. The molecule has 0 radical (unpaired) electrons. The summed E-state index contributed by atoms with van der Waals surface area (Å²) in [7, 11) is 0. The second-order valence-corrected chi connectivity index (χ2v) is 4.25. The number of H-pyrrole nitrogens is 1. The van der Waals surface area contributed by atoms with Crippen molar-refractivity contribution in [2.75, 3.05) is 13.2 Å². The maximum absolute atomic E-state index is 9.05. The molecule has 0 unspecified atom stereocenters. The fraction of sp³-hybridized carbons (Fsp3) is 0.571. The minimum absolute atomic E-state index is 0.122. The predicted molar refractivity (Wildman–Crippen MR) is 71.8 cm³/mol. The number of aryl methyl sites for hydroxylation is 1. The van der Waals surface area contributed by atoms with Gasteiger partial charge >= 0.3 is 0 Å². The summed E-state index contributed by atoms with van der Waals surface area (Å²) in [6.07, 6.45) is 11.8. The van der Waals surface area contributed by atoms with E-state index in [1.165, 1.54) is 18.4 Å². The van der Waals surface area contributed by atoms with Crippen LogP contribution in [0, 0.1) is 0 Å². The first kappa shape index (κ1) is 13.8. The Morgan fingerprint density at radius 1 is 1.41 bits per heavy atom. The van der Waals surface area contributed by atoms with Crippen molar-refractivity contribution in [2.45, 2.75) is 39.0 Å². The van der Waals surface area contributed by atoms with Gasteiger partial charge in [-0.1, -0.05) is 19.4 Å². The molecule has 0 saturated heterocycles. The van der Waals surface area contributed by atoms with Gasteiger partial charge in [0, 0.05) is 24.6 Å². The van der Waals surface area contributed by atoms with Crippen LogP contribution < -0.4 is 5.32 Å². The normalized spacial score (nSPS) is 11.8. The summed E-state index contributed by atoms with van der Waals surface area (Å²) in [6, 6.07) is 2.13. The first-order valence-electron chi connectivity index (χ1n) is 6.52. The topological polar surface area (TPSA) is 48.0 Å². The Bertz CT molecular complexity index is 304. The van der Waals surface area contributed by atoms with Crippen LogP contribution >= 0.6 is 0 Å². The molecule has 0 atom stereocenters. The van der Waals surface area contributed by atoms with Gasteiger partial charge < -0.3 is 15.4 Å². The highest BCUT2D eigenvalue weighted by Crippen LogP contribution is 2.05. The molecule has 1 aromatic heterocycles. The molecule has 0 spiro atoms. The van der Waals surface area contributed by atoms with Crippen LogP contribution in [0.4, 0.5) is 0 Å². The first-order valence-corrected chi connectivity index (χ1v) is 6.52. The summed E-state index contributed by atoms with van der Waals surface area (Å²) >= 11 is 0. The number of unbranched alkanes of at least 4 members (excludes halogenated alkanes) is 2. The average Bonchev–Trinajstić information content (AvgIpc) is 2.85. The molecule has 0 aliphatic heterocycles. The van der Waals surface area contributed by atoms with Crippen LogP contribution in [0.25, 0.3) is 0 Å². The number of hydrogen-bond donors (Lipinski definition) is 3. The monoisotopic (exact) mass is 236 g/mol. The Labute approximate surface area is 104 Å². The summed E-state index contributed by atoms with van der Waals surface area (Å²) in [6.45, 7) is 3.16. The lowest BCUT2D eigenvalue weighted by Crippen LogP contribution is -2.17. The van der Waals surface area contributed by atoms with Gasteiger partial charge in [0.15, 0.2) is 0 Å². The highest BCUT2D eigenvalue weighted by atomic mass is 16.3. The van der Waals surface area contributed by atoms with Crippen molar-refractivity contribution in [3.63, 3.8) is 0 Å². The average molecular weight is 236 g/mol.